The van der Waals surface area contributed by atoms with E-state index in [-0.39, 0.29) is 20.6 Å². The molecule has 0 saturated heterocycles. The van der Waals surface area contributed by atoms with E-state index in [1.807, 2.05) is 17.7 Å². The van der Waals surface area contributed by atoms with Gasteiger partial charge in [-0.2, -0.15) is 0 Å². The average Bonchev–Trinajstić information content (AvgIpc) is 2.98. The number of hydrogen-bond acceptors (Lipinski definition) is 5. The van der Waals surface area contributed by atoms with E-state index in [1.165, 1.54) is 16.8 Å². The highest BCUT2D eigenvalue weighted by Crippen LogP contribution is 2.26. The molecule has 3 aromatic rings. The highest BCUT2D eigenvalue weighted by atomic mass is 35.5. The monoisotopic (exact) mass is 458 g/mol. The number of carbonyl (C=O) groups excluding carboxylic acids is 1. The molecule has 3 rings (SSSR count). The van der Waals surface area contributed by atoms with Gasteiger partial charge in [0.1, 0.15) is 4.90 Å². The summed E-state index contributed by atoms with van der Waals surface area (Å²) in [6.45, 7) is 3.46. The van der Waals surface area contributed by atoms with Crippen LogP contribution in [0.5, 0.6) is 0 Å². The van der Waals surface area contributed by atoms with Crippen LogP contribution in [0.3, 0.4) is 0 Å². The van der Waals surface area contributed by atoms with Gasteiger partial charge in [-0.1, -0.05) is 46.1 Å². The minimum absolute atomic E-state index is 0.0727. The standard InChI is InChI=1S/C17H13Cl3N4O3S/c1-9-3-6-14(13(20)7-9)24-10(2)16(21-23-24)17(25)22-28(26,27)15-8-11(18)4-5-12(15)19/h3-8H,1-2H3,(H,22,25). The van der Waals surface area contributed by atoms with Crippen molar-refractivity contribution < 1.29 is 13.2 Å². The van der Waals surface area contributed by atoms with E-state index in [4.69, 9.17) is 34.8 Å². The fourth-order valence-electron chi connectivity index (χ4n) is 2.46. The molecule has 0 unspecified atom stereocenters. The van der Waals surface area contributed by atoms with Gasteiger partial charge in [0.15, 0.2) is 5.69 Å². The second-order valence-corrected chi connectivity index (χ2v) is 8.80. The van der Waals surface area contributed by atoms with Crippen LogP contribution in [0.4, 0.5) is 0 Å². The molecule has 0 aliphatic carbocycles. The van der Waals surface area contributed by atoms with Crippen LogP contribution < -0.4 is 4.72 Å². The van der Waals surface area contributed by atoms with Crippen molar-refractivity contribution in [2.75, 3.05) is 0 Å². The van der Waals surface area contributed by atoms with Crippen molar-refractivity contribution in [3.05, 3.63) is 68.4 Å². The molecule has 0 spiro atoms. The van der Waals surface area contributed by atoms with Gasteiger partial charge in [-0.3, -0.25) is 4.79 Å². The molecule has 2 aromatic carbocycles. The number of amides is 1. The summed E-state index contributed by atoms with van der Waals surface area (Å²) in [6.07, 6.45) is 0. The predicted molar refractivity (Wildman–Crippen MR) is 107 cm³/mol. The van der Waals surface area contributed by atoms with E-state index in [0.29, 0.717) is 16.4 Å². The molecule has 0 radical (unpaired) electrons. The summed E-state index contributed by atoms with van der Waals surface area (Å²) in [6, 6.07) is 9.20. The topological polar surface area (TPSA) is 93.9 Å². The van der Waals surface area contributed by atoms with E-state index in [2.05, 4.69) is 10.3 Å². The lowest BCUT2D eigenvalue weighted by atomic mass is 10.2. The van der Waals surface area contributed by atoms with Gasteiger partial charge in [0.2, 0.25) is 0 Å². The van der Waals surface area contributed by atoms with Crippen LogP contribution in [0.15, 0.2) is 41.3 Å². The van der Waals surface area contributed by atoms with Crippen LogP contribution in [-0.2, 0) is 10.0 Å². The third kappa shape index (κ3) is 4.00. The first-order chi connectivity index (χ1) is 13.1. The van der Waals surface area contributed by atoms with Gasteiger partial charge in [-0.15, -0.1) is 5.10 Å². The Kier molecular flexibility index (Phi) is 5.67. The minimum atomic E-state index is -4.27. The lowest BCUT2D eigenvalue weighted by Crippen LogP contribution is -2.31. The SMILES string of the molecule is Cc1ccc(-n2nnc(C(=O)NS(=O)(=O)c3cc(Cl)ccc3Cl)c2C)c(Cl)c1. The van der Waals surface area contributed by atoms with Gasteiger partial charge < -0.3 is 0 Å². The number of rotatable bonds is 4. The molecule has 1 heterocycles. The largest absolute Gasteiger partial charge is 0.287 e. The Morgan fingerprint density at radius 1 is 1.04 bits per heavy atom. The third-order valence-corrected chi connectivity index (χ3v) is 6.20. The Bertz CT molecular complexity index is 1190. The average molecular weight is 460 g/mol. The molecule has 0 aliphatic heterocycles. The van der Waals surface area contributed by atoms with Crippen LogP contribution in [-0.4, -0.2) is 29.3 Å². The quantitative estimate of drug-likeness (QED) is 0.637. The van der Waals surface area contributed by atoms with E-state index in [1.54, 1.807) is 19.1 Å². The first-order valence-electron chi connectivity index (χ1n) is 7.81. The summed E-state index contributed by atoms with van der Waals surface area (Å²) < 4.78 is 28.3. The second kappa shape index (κ2) is 7.71. The Morgan fingerprint density at radius 3 is 2.43 bits per heavy atom. The molecule has 0 saturated carbocycles. The first-order valence-corrected chi connectivity index (χ1v) is 10.4. The Morgan fingerprint density at radius 2 is 1.75 bits per heavy atom. The highest BCUT2D eigenvalue weighted by Gasteiger charge is 2.26. The molecule has 7 nitrogen and oxygen atoms in total. The number of nitrogens with zero attached hydrogens (tertiary/aromatic N) is 3. The van der Waals surface area contributed by atoms with E-state index >= 15 is 0 Å². The molecule has 0 aliphatic rings. The number of carbonyl (C=O) groups is 1. The summed E-state index contributed by atoms with van der Waals surface area (Å²) in [7, 11) is -4.27. The number of sulfonamides is 1. The maximum atomic E-state index is 12.5. The Balaban J connectivity index is 1.94. The fourth-order valence-corrected chi connectivity index (χ4v) is 4.49. The fraction of sp³-hybridized carbons (Fsp3) is 0.118. The van der Waals surface area contributed by atoms with Crippen molar-refractivity contribution >= 4 is 50.7 Å². The zero-order valence-corrected chi connectivity index (χ0v) is 17.7. The van der Waals surface area contributed by atoms with Crippen molar-refractivity contribution in [3.8, 4) is 5.69 Å². The van der Waals surface area contributed by atoms with Crippen LogP contribution in [0, 0.1) is 13.8 Å². The summed E-state index contributed by atoms with van der Waals surface area (Å²) >= 11 is 18.0. The summed E-state index contributed by atoms with van der Waals surface area (Å²) in [5, 5.41) is 8.21. The molecule has 1 amide bonds. The minimum Gasteiger partial charge on any atom is -0.266 e. The Hall–Kier alpha value is -2.13. The second-order valence-electron chi connectivity index (χ2n) is 5.90. The molecule has 0 atom stereocenters. The molecule has 1 N–H and O–H groups in total. The molecular weight excluding hydrogens is 447 g/mol. The maximum absolute atomic E-state index is 12.5. The van der Waals surface area contributed by atoms with Crippen molar-refractivity contribution in [3.63, 3.8) is 0 Å². The molecule has 0 fully saturated rings. The normalized spacial score (nSPS) is 11.5. The summed E-state index contributed by atoms with van der Waals surface area (Å²) in [4.78, 5) is 12.2. The molecule has 1 aromatic heterocycles. The third-order valence-electron chi connectivity index (χ3n) is 3.85. The van der Waals surface area contributed by atoms with Gasteiger partial charge >= 0.3 is 0 Å². The molecule has 28 heavy (non-hydrogen) atoms. The number of aryl methyl sites for hydroxylation is 1. The molecule has 11 heteroatoms. The van der Waals surface area contributed by atoms with Crippen molar-refractivity contribution in [1.82, 2.24) is 19.7 Å². The predicted octanol–water partition coefficient (Wildman–Crippen LogP) is 3.96. The maximum Gasteiger partial charge on any atom is 0.287 e. The zero-order chi connectivity index (χ0) is 20.6. The lowest BCUT2D eigenvalue weighted by molar-refractivity contribution is 0.0976. The van der Waals surface area contributed by atoms with E-state index in [9.17, 15) is 13.2 Å². The highest BCUT2D eigenvalue weighted by molar-refractivity contribution is 7.90. The number of hydrogen-bond donors (Lipinski definition) is 1. The van der Waals surface area contributed by atoms with Crippen molar-refractivity contribution in [2.45, 2.75) is 18.7 Å². The van der Waals surface area contributed by atoms with Crippen LogP contribution in [0.1, 0.15) is 21.7 Å². The van der Waals surface area contributed by atoms with Gasteiger partial charge in [0.25, 0.3) is 15.9 Å². The number of nitrogens with one attached hydrogen (secondary N) is 1. The number of halogens is 3. The van der Waals surface area contributed by atoms with Crippen molar-refractivity contribution in [2.24, 2.45) is 0 Å². The van der Waals surface area contributed by atoms with Gasteiger partial charge in [-0.05, 0) is 49.7 Å². The van der Waals surface area contributed by atoms with Crippen LogP contribution in [0.2, 0.25) is 15.1 Å². The molecular formula is C17H13Cl3N4O3S. The zero-order valence-electron chi connectivity index (χ0n) is 14.6. The number of benzene rings is 2. The smallest absolute Gasteiger partial charge is 0.266 e. The van der Waals surface area contributed by atoms with E-state index < -0.39 is 15.9 Å². The van der Waals surface area contributed by atoms with Gasteiger partial charge in [-0.25, -0.2) is 17.8 Å². The molecule has 146 valence electrons. The van der Waals surface area contributed by atoms with Crippen LogP contribution >= 0.6 is 34.8 Å². The Labute approximate surface area is 176 Å². The van der Waals surface area contributed by atoms with Gasteiger partial charge in [0.05, 0.1) is 21.4 Å². The first kappa shape index (κ1) is 20.6. The summed E-state index contributed by atoms with van der Waals surface area (Å²) in [5.74, 6) is -0.956. The van der Waals surface area contributed by atoms with Gasteiger partial charge in [0, 0.05) is 5.02 Å². The number of aromatic nitrogens is 3. The van der Waals surface area contributed by atoms with Crippen LogP contribution in [0.25, 0.3) is 5.69 Å². The van der Waals surface area contributed by atoms with Crippen molar-refractivity contribution in [1.29, 1.82) is 0 Å². The summed E-state index contributed by atoms with van der Waals surface area (Å²) in [5.41, 5.74) is 1.61. The lowest BCUT2D eigenvalue weighted by Gasteiger charge is -2.09. The van der Waals surface area contributed by atoms with E-state index in [0.717, 1.165) is 11.6 Å². The molecule has 0 bridgehead atoms.